The van der Waals surface area contributed by atoms with Crippen molar-refractivity contribution < 1.29 is 31.5 Å². The monoisotopic (exact) mass is 495 g/mol. The van der Waals surface area contributed by atoms with E-state index in [1.807, 2.05) is 0 Å². The van der Waals surface area contributed by atoms with Gasteiger partial charge in [0.2, 0.25) is 10.0 Å². The van der Waals surface area contributed by atoms with Crippen LogP contribution in [0.3, 0.4) is 0 Å². The number of sulfonamides is 1. The van der Waals surface area contributed by atoms with Gasteiger partial charge >= 0.3 is 5.97 Å². The number of carbonyl (C=O) groups is 1. The largest absolute Gasteiger partial charge is 0.476 e. The average molecular weight is 496 g/mol. The zero-order valence-electron chi connectivity index (χ0n) is 14.5. The van der Waals surface area contributed by atoms with E-state index < -0.39 is 45.2 Å². The molecule has 28 heavy (non-hydrogen) atoms. The Hall–Kier alpha value is -1.69. The molecule has 2 aromatic rings. The third-order valence-electron chi connectivity index (χ3n) is 3.56. The van der Waals surface area contributed by atoms with Crippen molar-refractivity contribution in [2.45, 2.75) is 10.1 Å². The molecule has 1 atom stereocenters. The molecule has 0 heterocycles. The van der Waals surface area contributed by atoms with Gasteiger partial charge < -0.3 is 9.47 Å². The fourth-order valence-electron chi connectivity index (χ4n) is 2.10. The van der Waals surface area contributed by atoms with Gasteiger partial charge in [-0.05, 0) is 42.0 Å². The molecule has 1 N–H and O–H groups in total. The van der Waals surface area contributed by atoms with Crippen molar-refractivity contribution >= 4 is 44.6 Å². The van der Waals surface area contributed by atoms with Gasteiger partial charge in [-0.2, -0.15) is 12.6 Å². The van der Waals surface area contributed by atoms with E-state index in [1.54, 1.807) is 12.1 Å². The molecule has 0 aliphatic carbocycles. The Kier molecular flexibility index (Phi) is 7.81. The Balaban J connectivity index is 2.08. The lowest BCUT2D eigenvalue weighted by molar-refractivity contribution is -0.143. The van der Waals surface area contributed by atoms with Gasteiger partial charge in [0.25, 0.3) is 0 Å². The van der Waals surface area contributed by atoms with Crippen molar-refractivity contribution in [3.05, 3.63) is 58.1 Å². The summed E-state index contributed by atoms with van der Waals surface area (Å²) in [7, 11) is -2.70. The van der Waals surface area contributed by atoms with Gasteiger partial charge in [0, 0.05) is 16.3 Å². The van der Waals surface area contributed by atoms with Crippen LogP contribution >= 0.6 is 28.6 Å². The zero-order chi connectivity index (χ0) is 20.9. The lowest BCUT2D eigenvalue weighted by atomic mass is 10.1. The summed E-state index contributed by atoms with van der Waals surface area (Å²) >= 11 is 7.42. The molecule has 2 rings (SSSR count). The van der Waals surface area contributed by atoms with Crippen LogP contribution < -0.4 is 9.46 Å². The molecular formula is C17H16BrF2NO5S2. The van der Waals surface area contributed by atoms with Gasteiger partial charge in [0.1, 0.15) is 0 Å². The lowest BCUT2D eigenvalue weighted by Crippen LogP contribution is -2.27. The number of hydrogen-bond donors (Lipinski definition) is 2. The zero-order valence-corrected chi connectivity index (χ0v) is 17.8. The summed E-state index contributed by atoms with van der Waals surface area (Å²) in [4.78, 5) is 11.1. The molecule has 0 saturated carbocycles. The van der Waals surface area contributed by atoms with Gasteiger partial charge in [-0.25, -0.2) is 26.7 Å². The quantitative estimate of drug-likeness (QED) is 0.434. The molecule has 2 aromatic carbocycles. The van der Waals surface area contributed by atoms with Crippen LogP contribution in [-0.4, -0.2) is 34.6 Å². The van der Waals surface area contributed by atoms with Crippen LogP contribution in [0, 0.1) is 11.6 Å². The second kappa shape index (κ2) is 9.68. The highest BCUT2D eigenvalue weighted by molar-refractivity contribution is 9.10. The molecule has 0 aromatic heterocycles. The number of ether oxygens (including phenoxy) is 2. The maximum atomic E-state index is 14.1. The first-order valence-electron chi connectivity index (χ1n) is 7.76. The van der Waals surface area contributed by atoms with Crippen LogP contribution in [0.2, 0.25) is 0 Å². The summed E-state index contributed by atoms with van der Waals surface area (Å²) in [6, 6.07) is 7.89. The lowest BCUT2D eigenvalue weighted by Gasteiger charge is -2.15. The Morgan fingerprint density at radius 3 is 2.32 bits per heavy atom. The molecule has 0 fully saturated rings. The second-order valence-corrected chi connectivity index (χ2v) is 8.81. The molecule has 0 radical (unpaired) electrons. The van der Waals surface area contributed by atoms with Crippen LogP contribution in [0.5, 0.6) is 5.75 Å². The third kappa shape index (κ3) is 5.90. The summed E-state index contributed by atoms with van der Waals surface area (Å²) in [5.74, 6) is -3.62. The third-order valence-corrected chi connectivity index (χ3v) is 6.01. The number of carbonyl (C=O) groups excluding carboxylic acids is 1. The van der Waals surface area contributed by atoms with Gasteiger partial charge in [0.05, 0.1) is 12.0 Å². The van der Waals surface area contributed by atoms with E-state index in [-0.39, 0.29) is 17.0 Å². The highest BCUT2D eigenvalue weighted by Crippen LogP contribution is 2.29. The SMILES string of the molecule is COC(=O)COc1c(F)cc(C(S)CNS(=O)(=O)c2ccc(Br)cc2)cc1F. The second-order valence-electron chi connectivity index (χ2n) is 5.50. The predicted octanol–water partition coefficient (Wildman–Crippen LogP) is 3.23. The average Bonchev–Trinajstić information content (AvgIpc) is 2.65. The van der Waals surface area contributed by atoms with Crippen molar-refractivity contribution in [1.82, 2.24) is 4.72 Å². The van der Waals surface area contributed by atoms with E-state index in [9.17, 15) is 22.0 Å². The minimum absolute atomic E-state index is 0.0418. The van der Waals surface area contributed by atoms with Gasteiger partial charge in [-0.1, -0.05) is 15.9 Å². The van der Waals surface area contributed by atoms with E-state index in [4.69, 9.17) is 4.74 Å². The number of halogens is 3. The summed E-state index contributed by atoms with van der Waals surface area (Å²) in [5, 5.41) is -0.830. The molecular weight excluding hydrogens is 480 g/mol. The molecule has 0 bridgehead atoms. The maximum absolute atomic E-state index is 14.1. The molecule has 1 unspecified atom stereocenters. The van der Waals surface area contributed by atoms with Gasteiger partial charge in [0.15, 0.2) is 24.0 Å². The number of benzene rings is 2. The first-order chi connectivity index (χ1) is 13.1. The van der Waals surface area contributed by atoms with Crippen molar-refractivity contribution in [2.24, 2.45) is 0 Å². The smallest absolute Gasteiger partial charge is 0.343 e. The normalized spacial score (nSPS) is 12.5. The number of methoxy groups -OCH3 is 1. The minimum atomic E-state index is -3.81. The Morgan fingerprint density at radius 1 is 1.21 bits per heavy atom. The highest BCUT2D eigenvalue weighted by Gasteiger charge is 2.20. The summed E-state index contributed by atoms with van der Waals surface area (Å²) in [6.45, 7) is -0.857. The van der Waals surface area contributed by atoms with Crippen LogP contribution in [0.1, 0.15) is 10.8 Å². The van der Waals surface area contributed by atoms with Gasteiger partial charge in [-0.15, -0.1) is 0 Å². The molecule has 0 saturated heterocycles. The number of esters is 1. The number of nitrogens with one attached hydrogen (secondary N) is 1. The van der Waals surface area contributed by atoms with Crippen molar-refractivity contribution in [2.75, 3.05) is 20.3 Å². The Bertz CT molecular complexity index is 932. The molecule has 0 amide bonds. The number of hydrogen-bond acceptors (Lipinski definition) is 6. The topological polar surface area (TPSA) is 81.7 Å². The van der Waals surface area contributed by atoms with E-state index >= 15 is 0 Å². The van der Waals surface area contributed by atoms with E-state index in [2.05, 4.69) is 38.0 Å². The molecule has 6 nitrogen and oxygen atoms in total. The number of rotatable bonds is 8. The van der Waals surface area contributed by atoms with E-state index in [1.165, 1.54) is 12.1 Å². The van der Waals surface area contributed by atoms with Crippen molar-refractivity contribution in [3.8, 4) is 5.75 Å². The predicted molar refractivity (Wildman–Crippen MR) is 105 cm³/mol. The van der Waals surface area contributed by atoms with Crippen LogP contribution in [0.25, 0.3) is 0 Å². The first-order valence-corrected chi connectivity index (χ1v) is 10.5. The molecule has 11 heteroatoms. The van der Waals surface area contributed by atoms with Crippen LogP contribution in [0.15, 0.2) is 45.8 Å². The summed E-state index contributed by atoms with van der Waals surface area (Å²) in [5.41, 5.74) is 0.0993. The van der Waals surface area contributed by atoms with Crippen molar-refractivity contribution in [1.29, 1.82) is 0 Å². The fraction of sp³-hybridized carbons (Fsp3) is 0.235. The molecule has 152 valence electrons. The summed E-state index contributed by atoms with van der Waals surface area (Å²) in [6.07, 6.45) is 0. The Labute approximate surface area is 174 Å². The van der Waals surface area contributed by atoms with Crippen molar-refractivity contribution in [3.63, 3.8) is 0 Å². The highest BCUT2D eigenvalue weighted by atomic mass is 79.9. The van der Waals surface area contributed by atoms with E-state index in [0.717, 1.165) is 23.7 Å². The fourth-order valence-corrected chi connectivity index (χ4v) is 3.78. The van der Waals surface area contributed by atoms with Crippen LogP contribution in [0.4, 0.5) is 8.78 Å². The first kappa shape index (κ1) is 22.6. The summed E-state index contributed by atoms with van der Waals surface area (Å²) < 4.78 is 64.9. The molecule has 0 spiro atoms. The van der Waals surface area contributed by atoms with Crippen LogP contribution in [-0.2, 0) is 19.6 Å². The Morgan fingerprint density at radius 2 is 1.79 bits per heavy atom. The van der Waals surface area contributed by atoms with E-state index in [0.29, 0.717) is 0 Å². The number of thiol groups is 1. The molecule has 0 aliphatic rings. The van der Waals surface area contributed by atoms with Gasteiger partial charge in [-0.3, -0.25) is 0 Å². The maximum Gasteiger partial charge on any atom is 0.343 e. The minimum Gasteiger partial charge on any atom is -0.476 e. The molecule has 0 aliphatic heterocycles. The standard InChI is InChI=1S/C17H16BrF2NO5S2/c1-25-16(22)9-26-17-13(19)6-10(7-14(17)20)15(27)8-21-28(23,24)12-4-2-11(18)3-5-12/h2-7,15,21,27H,8-9H2,1H3.